The van der Waals surface area contributed by atoms with E-state index in [2.05, 4.69) is 31.2 Å². The molecule has 2 heteroatoms. The Hall–Kier alpha value is -0.860. The van der Waals surface area contributed by atoms with Crippen LogP contribution in [-0.2, 0) is 4.74 Å². The van der Waals surface area contributed by atoms with E-state index >= 15 is 0 Å². The lowest BCUT2D eigenvalue weighted by Crippen LogP contribution is -2.15. The largest absolute Gasteiger partial charge is 0.381 e. The molecular weight excluding hydrogens is 186 g/mol. The number of ether oxygens (including phenoxy) is 1. The van der Waals surface area contributed by atoms with Gasteiger partial charge in [0.2, 0.25) is 0 Å². The first-order valence-corrected chi connectivity index (χ1v) is 5.65. The van der Waals surface area contributed by atoms with E-state index in [0.717, 1.165) is 19.6 Å². The molecule has 2 atom stereocenters. The molecule has 0 aromatic heterocycles. The Morgan fingerprint density at radius 1 is 1.40 bits per heavy atom. The van der Waals surface area contributed by atoms with Crippen molar-refractivity contribution in [1.29, 1.82) is 0 Å². The molecule has 1 heterocycles. The molecule has 0 bridgehead atoms. The third kappa shape index (κ3) is 2.80. The molecule has 1 aromatic rings. The lowest BCUT2D eigenvalue weighted by molar-refractivity contribution is 0.182. The maximum absolute atomic E-state index is 6.17. The van der Waals surface area contributed by atoms with Crippen LogP contribution in [-0.4, -0.2) is 13.2 Å². The standard InChI is InChI=1S/C13H19NO/c1-10-2-4-12(5-3-10)13(14)8-11-6-7-15-9-11/h2-5,11,13H,6-9,14H2,1H3. The summed E-state index contributed by atoms with van der Waals surface area (Å²) in [5, 5.41) is 0. The molecule has 1 fully saturated rings. The number of aryl methyl sites for hydroxylation is 1. The highest BCUT2D eigenvalue weighted by molar-refractivity contribution is 5.23. The number of hydrogen-bond donors (Lipinski definition) is 1. The molecule has 0 spiro atoms. The van der Waals surface area contributed by atoms with Crippen molar-refractivity contribution in [3.05, 3.63) is 35.4 Å². The number of benzene rings is 1. The van der Waals surface area contributed by atoms with Gasteiger partial charge in [0.15, 0.2) is 0 Å². The minimum Gasteiger partial charge on any atom is -0.381 e. The predicted molar refractivity (Wildman–Crippen MR) is 61.7 cm³/mol. The molecule has 0 radical (unpaired) electrons. The van der Waals surface area contributed by atoms with Gasteiger partial charge in [0, 0.05) is 19.3 Å². The van der Waals surface area contributed by atoms with E-state index in [1.54, 1.807) is 0 Å². The normalized spacial score (nSPS) is 22.9. The van der Waals surface area contributed by atoms with Crippen LogP contribution in [0, 0.1) is 12.8 Å². The minimum absolute atomic E-state index is 0.164. The lowest BCUT2D eigenvalue weighted by Gasteiger charge is -2.15. The van der Waals surface area contributed by atoms with E-state index in [1.165, 1.54) is 17.5 Å². The van der Waals surface area contributed by atoms with Crippen molar-refractivity contribution in [3.8, 4) is 0 Å². The fourth-order valence-corrected chi connectivity index (χ4v) is 2.08. The van der Waals surface area contributed by atoms with Gasteiger partial charge in [-0.1, -0.05) is 29.8 Å². The zero-order valence-electron chi connectivity index (χ0n) is 9.28. The van der Waals surface area contributed by atoms with Gasteiger partial charge in [-0.2, -0.15) is 0 Å². The van der Waals surface area contributed by atoms with Gasteiger partial charge in [-0.25, -0.2) is 0 Å². The SMILES string of the molecule is Cc1ccc(C(N)CC2CCOC2)cc1. The summed E-state index contributed by atoms with van der Waals surface area (Å²) in [6, 6.07) is 8.68. The molecule has 2 N–H and O–H groups in total. The summed E-state index contributed by atoms with van der Waals surface area (Å²) in [6.07, 6.45) is 2.21. The molecule has 15 heavy (non-hydrogen) atoms. The Morgan fingerprint density at radius 3 is 2.73 bits per heavy atom. The Balaban J connectivity index is 1.94. The van der Waals surface area contributed by atoms with Crippen LogP contribution in [0.1, 0.15) is 30.0 Å². The molecule has 82 valence electrons. The molecule has 1 aliphatic rings. The zero-order chi connectivity index (χ0) is 10.7. The van der Waals surface area contributed by atoms with Crippen LogP contribution >= 0.6 is 0 Å². The summed E-state index contributed by atoms with van der Waals surface area (Å²) in [4.78, 5) is 0. The van der Waals surface area contributed by atoms with Crippen LogP contribution in [0.4, 0.5) is 0 Å². The van der Waals surface area contributed by atoms with Crippen molar-refractivity contribution < 1.29 is 4.74 Å². The molecular formula is C13H19NO. The molecule has 2 nitrogen and oxygen atoms in total. The van der Waals surface area contributed by atoms with Gasteiger partial charge in [0.05, 0.1) is 0 Å². The molecule has 0 aliphatic carbocycles. The van der Waals surface area contributed by atoms with Crippen LogP contribution in [0.25, 0.3) is 0 Å². The third-order valence-electron chi connectivity index (χ3n) is 3.12. The zero-order valence-corrected chi connectivity index (χ0v) is 9.28. The topological polar surface area (TPSA) is 35.2 Å². The highest BCUT2D eigenvalue weighted by Crippen LogP contribution is 2.24. The Kier molecular flexibility index (Phi) is 3.39. The van der Waals surface area contributed by atoms with E-state index in [1.807, 2.05) is 0 Å². The van der Waals surface area contributed by atoms with Gasteiger partial charge in [0.25, 0.3) is 0 Å². The second-order valence-corrected chi connectivity index (χ2v) is 4.48. The van der Waals surface area contributed by atoms with Crippen LogP contribution in [0.5, 0.6) is 0 Å². The van der Waals surface area contributed by atoms with Gasteiger partial charge in [-0.3, -0.25) is 0 Å². The van der Waals surface area contributed by atoms with Crippen molar-refractivity contribution in [2.45, 2.75) is 25.8 Å². The molecule has 1 aromatic carbocycles. The highest BCUT2D eigenvalue weighted by Gasteiger charge is 2.19. The van der Waals surface area contributed by atoms with Crippen molar-refractivity contribution >= 4 is 0 Å². The summed E-state index contributed by atoms with van der Waals surface area (Å²) in [7, 11) is 0. The van der Waals surface area contributed by atoms with Gasteiger partial charge < -0.3 is 10.5 Å². The second-order valence-electron chi connectivity index (χ2n) is 4.48. The molecule has 2 rings (SSSR count). The maximum Gasteiger partial charge on any atom is 0.0495 e. The summed E-state index contributed by atoms with van der Waals surface area (Å²) in [5.74, 6) is 0.654. The van der Waals surface area contributed by atoms with Gasteiger partial charge in [-0.05, 0) is 31.2 Å². The van der Waals surface area contributed by atoms with Crippen molar-refractivity contribution in [3.63, 3.8) is 0 Å². The van der Waals surface area contributed by atoms with Crippen molar-refractivity contribution in [2.75, 3.05) is 13.2 Å². The quantitative estimate of drug-likeness (QED) is 0.822. The van der Waals surface area contributed by atoms with Crippen molar-refractivity contribution in [2.24, 2.45) is 11.7 Å². The number of rotatable bonds is 3. The molecule has 0 saturated carbocycles. The summed E-state index contributed by atoms with van der Waals surface area (Å²) in [6.45, 7) is 3.89. The Labute approximate surface area is 91.4 Å². The van der Waals surface area contributed by atoms with E-state index < -0.39 is 0 Å². The van der Waals surface area contributed by atoms with Crippen LogP contribution in [0.15, 0.2) is 24.3 Å². The second kappa shape index (κ2) is 4.77. The van der Waals surface area contributed by atoms with Gasteiger partial charge >= 0.3 is 0 Å². The molecule has 0 amide bonds. The third-order valence-corrected chi connectivity index (χ3v) is 3.12. The fourth-order valence-electron chi connectivity index (χ4n) is 2.08. The number of nitrogens with two attached hydrogens (primary N) is 1. The Bertz CT molecular complexity index is 301. The first kappa shape index (κ1) is 10.7. The first-order chi connectivity index (χ1) is 7.25. The summed E-state index contributed by atoms with van der Waals surface area (Å²) < 4.78 is 5.36. The van der Waals surface area contributed by atoms with E-state index in [-0.39, 0.29) is 6.04 Å². The smallest absolute Gasteiger partial charge is 0.0495 e. The highest BCUT2D eigenvalue weighted by atomic mass is 16.5. The molecule has 1 saturated heterocycles. The van der Waals surface area contributed by atoms with E-state index in [9.17, 15) is 0 Å². The van der Waals surface area contributed by atoms with Crippen molar-refractivity contribution in [1.82, 2.24) is 0 Å². The summed E-state index contributed by atoms with van der Waals surface area (Å²) in [5.41, 5.74) is 8.70. The average molecular weight is 205 g/mol. The summed E-state index contributed by atoms with van der Waals surface area (Å²) >= 11 is 0. The van der Waals surface area contributed by atoms with E-state index in [4.69, 9.17) is 10.5 Å². The Morgan fingerprint density at radius 2 is 2.13 bits per heavy atom. The minimum atomic E-state index is 0.164. The lowest BCUT2D eigenvalue weighted by atomic mass is 9.94. The maximum atomic E-state index is 6.17. The fraction of sp³-hybridized carbons (Fsp3) is 0.538. The number of hydrogen-bond acceptors (Lipinski definition) is 2. The van der Waals surface area contributed by atoms with Crippen LogP contribution in [0.3, 0.4) is 0 Å². The monoisotopic (exact) mass is 205 g/mol. The van der Waals surface area contributed by atoms with E-state index in [0.29, 0.717) is 5.92 Å². The first-order valence-electron chi connectivity index (χ1n) is 5.65. The van der Waals surface area contributed by atoms with Crippen LogP contribution in [0.2, 0.25) is 0 Å². The molecule has 2 unspecified atom stereocenters. The average Bonchev–Trinajstić information content (AvgIpc) is 2.71. The molecule has 1 aliphatic heterocycles. The van der Waals surface area contributed by atoms with Gasteiger partial charge in [-0.15, -0.1) is 0 Å². The van der Waals surface area contributed by atoms with Gasteiger partial charge in [0.1, 0.15) is 0 Å². The van der Waals surface area contributed by atoms with Crippen LogP contribution < -0.4 is 5.73 Å². The predicted octanol–water partition coefficient (Wildman–Crippen LogP) is 2.42.